The first-order valence-corrected chi connectivity index (χ1v) is 20.4. The van der Waals surface area contributed by atoms with E-state index >= 15 is 0 Å². The molecule has 15 heteroatoms. The Labute approximate surface area is 332 Å². The topological polar surface area (TPSA) is 185 Å². The molecule has 3 aromatic carbocycles. The molecule has 56 heavy (non-hydrogen) atoms. The van der Waals surface area contributed by atoms with Gasteiger partial charge in [0.05, 0.1) is 29.0 Å². The third-order valence-electron chi connectivity index (χ3n) is 10.1. The summed E-state index contributed by atoms with van der Waals surface area (Å²) in [5, 5.41) is 31.8. The number of carboxylic acid groups (broad SMARTS) is 2. The quantitative estimate of drug-likeness (QED) is 0.0850. The van der Waals surface area contributed by atoms with Crippen LogP contribution in [0, 0.1) is 19.8 Å². The van der Waals surface area contributed by atoms with Crippen molar-refractivity contribution in [2.75, 3.05) is 39.1 Å². The van der Waals surface area contributed by atoms with E-state index in [1.165, 1.54) is 25.4 Å². The lowest BCUT2D eigenvalue weighted by atomic mass is 9.93. The molecule has 0 saturated carbocycles. The molecule has 0 bridgehead atoms. The van der Waals surface area contributed by atoms with Gasteiger partial charge in [-0.1, -0.05) is 41.9 Å². The number of sulfone groups is 1. The van der Waals surface area contributed by atoms with Crippen molar-refractivity contribution in [2.24, 2.45) is 5.92 Å². The van der Waals surface area contributed by atoms with Crippen LogP contribution < -0.4 is 19.5 Å². The van der Waals surface area contributed by atoms with E-state index in [1.54, 1.807) is 12.1 Å². The van der Waals surface area contributed by atoms with E-state index < -0.39 is 33.9 Å². The maximum Gasteiger partial charge on any atom is 0.326 e. The molecule has 2 heterocycles. The maximum absolute atomic E-state index is 12.1. The molecule has 1 aromatic heterocycles. The summed E-state index contributed by atoms with van der Waals surface area (Å²) >= 11 is 6.72. The molecule has 1 fully saturated rings. The highest BCUT2D eigenvalue weighted by molar-refractivity contribution is 7.90. The molecule has 13 nitrogen and oxygen atoms in total. The Balaban J connectivity index is 1.31. The van der Waals surface area contributed by atoms with Crippen molar-refractivity contribution in [1.29, 1.82) is 0 Å². The lowest BCUT2D eigenvalue weighted by molar-refractivity contribution is -0.146. The van der Waals surface area contributed by atoms with Gasteiger partial charge in [0.25, 0.3) is 0 Å². The van der Waals surface area contributed by atoms with Crippen molar-refractivity contribution < 1.29 is 47.5 Å². The molecule has 0 radical (unpaired) electrons. The molecule has 5 rings (SSSR count). The van der Waals surface area contributed by atoms with Crippen LogP contribution in [0.25, 0.3) is 11.1 Å². The molecular weight excluding hydrogens is 762 g/mol. The van der Waals surface area contributed by atoms with Gasteiger partial charge in [0.15, 0.2) is 9.84 Å². The average Bonchev–Trinajstić information content (AvgIpc) is 3.65. The summed E-state index contributed by atoms with van der Waals surface area (Å²) < 4.78 is 42.8. The van der Waals surface area contributed by atoms with Crippen LogP contribution >= 0.6 is 11.6 Å². The minimum absolute atomic E-state index is 0.0325. The fourth-order valence-corrected chi connectivity index (χ4v) is 7.27. The number of likely N-dealkylation sites (tertiary alicyclic amines) is 1. The zero-order valence-electron chi connectivity index (χ0n) is 31.9. The molecule has 2 unspecified atom stereocenters. The standard InChI is InChI=1S/C41H48ClN3O10S/c1-26-30(8-5-9-33(26)34-10-6-11-36(27(34)2)53-15-7-13-45-14-12-29(22-45)39(47)48)24-55-38-18-37(54-23-28-16-32(21-43-19-28)56(4,51)52)31(17-35(38)42)20-44-41(3,25-46)40(49)50/h5-6,8-11,16-19,21,29,44,46H,7,12-15,20,22-25H2,1-4H3,(H,47,48)(H,49,50). The third-order valence-corrected chi connectivity index (χ3v) is 11.4. The van der Waals surface area contributed by atoms with Gasteiger partial charge in [-0.25, -0.2) is 8.42 Å². The number of carbonyl (C=O) groups is 2. The van der Waals surface area contributed by atoms with Crippen LogP contribution in [0.3, 0.4) is 0 Å². The Morgan fingerprint density at radius 3 is 2.34 bits per heavy atom. The van der Waals surface area contributed by atoms with Gasteiger partial charge in [0, 0.05) is 55.5 Å². The van der Waals surface area contributed by atoms with Crippen LogP contribution in [0.15, 0.2) is 71.9 Å². The second-order valence-electron chi connectivity index (χ2n) is 14.3. The first-order valence-electron chi connectivity index (χ1n) is 18.2. The van der Waals surface area contributed by atoms with Crippen LogP contribution in [0.5, 0.6) is 17.2 Å². The number of aromatic nitrogens is 1. The molecule has 300 valence electrons. The second-order valence-corrected chi connectivity index (χ2v) is 16.7. The number of aliphatic hydroxyl groups excluding tert-OH is 1. The number of aliphatic carboxylic acids is 2. The largest absolute Gasteiger partial charge is 0.493 e. The number of hydrogen-bond donors (Lipinski definition) is 4. The maximum atomic E-state index is 12.1. The van der Waals surface area contributed by atoms with Gasteiger partial charge in [-0.2, -0.15) is 0 Å². The van der Waals surface area contributed by atoms with E-state index in [1.807, 2.05) is 50.2 Å². The average molecular weight is 810 g/mol. The zero-order chi connectivity index (χ0) is 40.6. The van der Waals surface area contributed by atoms with Crippen molar-refractivity contribution in [3.63, 3.8) is 0 Å². The first-order chi connectivity index (χ1) is 26.6. The highest BCUT2D eigenvalue weighted by Crippen LogP contribution is 2.36. The number of pyridine rings is 1. The Bertz CT molecular complexity index is 2170. The molecular formula is C41H48ClN3O10S. The van der Waals surface area contributed by atoms with Gasteiger partial charge in [0.1, 0.15) is 36.0 Å². The van der Waals surface area contributed by atoms with Crippen LogP contribution in [-0.4, -0.2) is 90.2 Å². The first kappa shape index (κ1) is 42.4. The van der Waals surface area contributed by atoms with Gasteiger partial charge in [-0.3, -0.25) is 19.9 Å². The van der Waals surface area contributed by atoms with Gasteiger partial charge >= 0.3 is 11.9 Å². The molecule has 0 aliphatic carbocycles. The highest BCUT2D eigenvalue weighted by Gasteiger charge is 2.32. The highest BCUT2D eigenvalue weighted by atomic mass is 35.5. The van der Waals surface area contributed by atoms with Crippen molar-refractivity contribution in [2.45, 2.75) is 63.8 Å². The minimum Gasteiger partial charge on any atom is -0.493 e. The number of carboxylic acids is 2. The monoisotopic (exact) mass is 809 g/mol. The van der Waals surface area contributed by atoms with E-state index in [0.29, 0.717) is 42.2 Å². The smallest absolute Gasteiger partial charge is 0.326 e. The summed E-state index contributed by atoms with van der Waals surface area (Å²) in [5.41, 5.74) is 4.26. The molecule has 0 spiro atoms. The fraction of sp³-hybridized carbons (Fsp3) is 0.390. The number of ether oxygens (including phenoxy) is 3. The van der Waals surface area contributed by atoms with Crippen LogP contribution in [0.1, 0.15) is 47.6 Å². The molecule has 1 aliphatic rings. The molecule has 4 N–H and O–H groups in total. The van der Waals surface area contributed by atoms with E-state index in [9.17, 15) is 33.3 Å². The Hall–Kier alpha value is -4.73. The van der Waals surface area contributed by atoms with Gasteiger partial charge in [-0.05, 0) is 86.2 Å². The van der Waals surface area contributed by atoms with Crippen molar-refractivity contribution in [1.82, 2.24) is 15.2 Å². The Morgan fingerprint density at radius 2 is 1.66 bits per heavy atom. The minimum atomic E-state index is -3.51. The number of nitrogens with zero attached hydrogens (tertiary/aromatic N) is 2. The SMILES string of the molecule is Cc1c(COc2cc(OCc3cncc(S(C)(=O)=O)c3)c(CNC(C)(CO)C(=O)O)cc2Cl)cccc1-c1cccc(OCCCN2CCC(C(=O)O)C2)c1C. The third kappa shape index (κ3) is 10.6. The van der Waals surface area contributed by atoms with E-state index in [4.69, 9.17) is 25.8 Å². The number of hydrogen-bond acceptors (Lipinski definition) is 11. The normalized spacial score (nSPS) is 15.6. The fourth-order valence-electron chi connectivity index (χ4n) is 6.41. The Morgan fingerprint density at radius 1 is 0.946 bits per heavy atom. The number of nitrogens with one attached hydrogen (secondary N) is 1. The number of rotatable bonds is 19. The molecule has 4 aromatic rings. The van der Waals surface area contributed by atoms with E-state index in [-0.39, 0.29) is 35.6 Å². The van der Waals surface area contributed by atoms with Gasteiger partial charge in [0.2, 0.25) is 0 Å². The second kappa shape index (κ2) is 18.5. The Kier molecular flexibility index (Phi) is 14.0. The molecule has 1 saturated heterocycles. The molecule has 1 aliphatic heterocycles. The van der Waals surface area contributed by atoms with Crippen molar-refractivity contribution in [3.05, 3.63) is 99.8 Å². The number of halogens is 1. The zero-order valence-corrected chi connectivity index (χ0v) is 33.5. The summed E-state index contributed by atoms with van der Waals surface area (Å²) in [7, 11) is -3.51. The lowest BCUT2D eigenvalue weighted by Crippen LogP contribution is -2.52. The molecule has 0 amide bonds. The van der Waals surface area contributed by atoms with E-state index in [2.05, 4.69) is 15.2 Å². The summed E-state index contributed by atoms with van der Waals surface area (Å²) in [6.07, 6.45) is 5.30. The van der Waals surface area contributed by atoms with Crippen molar-refractivity contribution in [3.8, 4) is 28.4 Å². The summed E-state index contributed by atoms with van der Waals surface area (Å²) in [4.78, 5) is 29.4. The van der Waals surface area contributed by atoms with E-state index in [0.717, 1.165) is 59.3 Å². The predicted octanol–water partition coefficient (Wildman–Crippen LogP) is 5.68. The van der Waals surface area contributed by atoms with Crippen molar-refractivity contribution >= 4 is 33.4 Å². The van der Waals surface area contributed by atoms with Gasteiger partial charge in [-0.15, -0.1) is 0 Å². The van der Waals surface area contributed by atoms with Crippen LogP contribution in [-0.2, 0) is 39.2 Å². The number of benzene rings is 3. The summed E-state index contributed by atoms with van der Waals surface area (Å²) in [6, 6.07) is 16.6. The van der Waals surface area contributed by atoms with Crippen LogP contribution in [0.4, 0.5) is 0 Å². The number of aliphatic hydroxyl groups is 1. The summed E-state index contributed by atoms with van der Waals surface area (Å²) in [5.74, 6) is -0.881. The summed E-state index contributed by atoms with van der Waals surface area (Å²) in [6.45, 7) is 7.46. The van der Waals surface area contributed by atoms with Gasteiger partial charge < -0.3 is 34.4 Å². The lowest BCUT2D eigenvalue weighted by Gasteiger charge is -2.25. The predicted molar refractivity (Wildman–Crippen MR) is 211 cm³/mol. The molecule has 2 atom stereocenters. The van der Waals surface area contributed by atoms with Crippen LogP contribution in [0.2, 0.25) is 5.02 Å².